The molecule has 12 heteroatoms. The molecule has 1 aromatic heterocycles. The first-order valence-electron chi connectivity index (χ1n) is 10.8. The standard InChI is InChI=1S/C24H24O12/c1-10(26)33-23-22(31)21(30)18(9-25)36-24(23)35-16-7-11(32-2)6-15-20(16)14(29)8-17(34-15)19-12(27)4-3-5-13(19)28/h3-8,18,21-25,27-28,30-31H,9H2,1-2H3/t18-,21-,22+,23-,24-/m1/s1. The fourth-order valence-corrected chi connectivity index (χ4v) is 3.94. The van der Waals surface area contributed by atoms with Crippen LogP contribution in [0.4, 0.5) is 0 Å². The van der Waals surface area contributed by atoms with Gasteiger partial charge in [-0.1, -0.05) is 6.07 Å². The second-order valence-corrected chi connectivity index (χ2v) is 8.04. The minimum Gasteiger partial charge on any atom is -0.507 e. The molecule has 1 aliphatic rings. The molecule has 0 radical (unpaired) electrons. The number of rotatable bonds is 6. The Kier molecular flexibility index (Phi) is 7.04. The average Bonchev–Trinajstić information content (AvgIpc) is 2.82. The van der Waals surface area contributed by atoms with Crippen molar-refractivity contribution in [1.29, 1.82) is 0 Å². The lowest BCUT2D eigenvalue weighted by atomic mass is 9.99. The summed E-state index contributed by atoms with van der Waals surface area (Å²) in [7, 11) is 1.35. The Morgan fingerprint density at radius 3 is 2.39 bits per heavy atom. The molecule has 3 aromatic rings. The molecule has 0 bridgehead atoms. The van der Waals surface area contributed by atoms with E-state index in [-0.39, 0.29) is 45.3 Å². The molecule has 192 valence electrons. The number of hydrogen-bond acceptors (Lipinski definition) is 12. The highest BCUT2D eigenvalue weighted by atomic mass is 16.7. The van der Waals surface area contributed by atoms with Crippen LogP contribution in [0, 0.1) is 0 Å². The van der Waals surface area contributed by atoms with Crippen molar-refractivity contribution in [1.82, 2.24) is 0 Å². The van der Waals surface area contributed by atoms with E-state index >= 15 is 0 Å². The molecule has 0 amide bonds. The zero-order chi connectivity index (χ0) is 26.1. The third-order valence-electron chi connectivity index (χ3n) is 5.64. The van der Waals surface area contributed by atoms with Crippen LogP contribution in [0.1, 0.15) is 6.92 Å². The molecule has 0 unspecified atom stereocenters. The van der Waals surface area contributed by atoms with E-state index in [2.05, 4.69) is 0 Å². The van der Waals surface area contributed by atoms with E-state index in [1.165, 1.54) is 37.4 Å². The van der Waals surface area contributed by atoms with Crippen molar-refractivity contribution in [3.05, 3.63) is 46.6 Å². The van der Waals surface area contributed by atoms with Gasteiger partial charge in [0, 0.05) is 25.1 Å². The van der Waals surface area contributed by atoms with Gasteiger partial charge in [-0.2, -0.15) is 0 Å². The van der Waals surface area contributed by atoms with Crippen LogP contribution in [-0.4, -0.2) is 75.9 Å². The van der Waals surface area contributed by atoms with Crippen molar-refractivity contribution in [2.75, 3.05) is 13.7 Å². The molecule has 1 aliphatic heterocycles. The minimum absolute atomic E-state index is 0.0476. The molecule has 2 aromatic carbocycles. The van der Waals surface area contributed by atoms with E-state index < -0.39 is 48.7 Å². The molecule has 0 saturated carbocycles. The molecule has 2 heterocycles. The first-order valence-corrected chi connectivity index (χ1v) is 10.8. The maximum absolute atomic E-state index is 13.2. The number of phenols is 2. The molecule has 5 atom stereocenters. The lowest BCUT2D eigenvalue weighted by Crippen LogP contribution is -2.61. The fraction of sp³-hybridized carbons (Fsp3) is 0.333. The number of ether oxygens (including phenoxy) is 4. The third-order valence-corrected chi connectivity index (χ3v) is 5.64. The zero-order valence-electron chi connectivity index (χ0n) is 19.2. The Labute approximate surface area is 203 Å². The molecule has 0 aliphatic carbocycles. The van der Waals surface area contributed by atoms with Gasteiger partial charge in [0.25, 0.3) is 0 Å². The highest BCUT2D eigenvalue weighted by molar-refractivity contribution is 5.87. The molecule has 1 saturated heterocycles. The van der Waals surface area contributed by atoms with Crippen molar-refractivity contribution >= 4 is 16.9 Å². The maximum atomic E-state index is 13.2. The second-order valence-electron chi connectivity index (χ2n) is 8.04. The molecule has 12 nitrogen and oxygen atoms in total. The number of methoxy groups -OCH3 is 1. The van der Waals surface area contributed by atoms with Crippen molar-refractivity contribution in [2.45, 2.75) is 37.6 Å². The fourth-order valence-electron chi connectivity index (χ4n) is 3.94. The highest BCUT2D eigenvalue weighted by Crippen LogP contribution is 2.39. The lowest BCUT2D eigenvalue weighted by molar-refractivity contribution is -0.281. The molecule has 5 N–H and O–H groups in total. The van der Waals surface area contributed by atoms with Gasteiger partial charge >= 0.3 is 5.97 Å². The van der Waals surface area contributed by atoms with E-state index in [1.807, 2.05) is 0 Å². The summed E-state index contributed by atoms with van der Waals surface area (Å²) in [6.07, 6.45) is -7.58. The van der Waals surface area contributed by atoms with Gasteiger partial charge in [0.15, 0.2) is 11.5 Å². The smallest absolute Gasteiger partial charge is 0.303 e. The van der Waals surface area contributed by atoms with Crippen LogP contribution in [0.2, 0.25) is 0 Å². The number of fused-ring (bicyclic) bond motifs is 1. The number of aliphatic hydroxyl groups is 3. The molecular formula is C24H24O12. The minimum atomic E-state index is -1.67. The highest BCUT2D eigenvalue weighted by Gasteiger charge is 2.48. The Morgan fingerprint density at radius 1 is 1.08 bits per heavy atom. The quantitative estimate of drug-likeness (QED) is 0.295. The second kappa shape index (κ2) is 10.0. The summed E-state index contributed by atoms with van der Waals surface area (Å²) in [5, 5.41) is 50.4. The van der Waals surface area contributed by atoms with Crippen LogP contribution >= 0.6 is 0 Å². The number of aromatic hydroxyl groups is 2. The van der Waals surface area contributed by atoms with Crippen LogP contribution in [0.25, 0.3) is 22.3 Å². The van der Waals surface area contributed by atoms with Gasteiger partial charge in [-0.15, -0.1) is 0 Å². The van der Waals surface area contributed by atoms with E-state index in [0.717, 1.165) is 13.0 Å². The van der Waals surface area contributed by atoms with Crippen molar-refractivity contribution < 1.29 is 53.7 Å². The predicted molar refractivity (Wildman–Crippen MR) is 122 cm³/mol. The number of hydrogen-bond donors (Lipinski definition) is 5. The predicted octanol–water partition coefficient (Wildman–Crippen LogP) is 0.629. The molecule has 4 rings (SSSR count). The van der Waals surface area contributed by atoms with Gasteiger partial charge in [0.1, 0.15) is 63.6 Å². The summed E-state index contributed by atoms with van der Waals surface area (Å²) in [6, 6.07) is 7.78. The summed E-state index contributed by atoms with van der Waals surface area (Å²) in [4.78, 5) is 24.8. The lowest BCUT2D eigenvalue weighted by Gasteiger charge is -2.41. The molecular weight excluding hydrogens is 480 g/mol. The first-order chi connectivity index (χ1) is 17.1. The Bertz CT molecular complexity index is 1310. The Balaban J connectivity index is 1.83. The van der Waals surface area contributed by atoms with Gasteiger partial charge in [-0.3, -0.25) is 9.59 Å². The summed E-state index contributed by atoms with van der Waals surface area (Å²) in [5.74, 6) is -1.54. The zero-order valence-corrected chi connectivity index (χ0v) is 19.2. The largest absolute Gasteiger partial charge is 0.507 e. The normalized spacial score (nSPS) is 23.9. The van der Waals surface area contributed by atoms with E-state index in [1.54, 1.807) is 0 Å². The van der Waals surface area contributed by atoms with Gasteiger partial charge in [-0.25, -0.2) is 0 Å². The van der Waals surface area contributed by atoms with E-state index in [4.69, 9.17) is 23.4 Å². The van der Waals surface area contributed by atoms with Crippen molar-refractivity contribution in [3.8, 4) is 34.3 Å². The van der Waals surface area contributed by atoms with Crippen LogP contribution in [-0.2, 0) is 14.3 Å². The van der Waals surface area contributed by atoms with Gasteiger partial charge in [0.2, 0.25) is 6.29 Å². The topological polar surface area (TPSA) is 185 Å². The van der Waals surface area contributed by atoms with Crippen molar-refractivity contribution in [2.24, 2.45) is 0 Å². The molecule has 0 spiro atoms. The number of carbonyl (C=O) groups excluding carboxylic acids is 1. The van der Waals surface area contributed by atoms with Crippen molar-refractivity contribution in [3.63, 3.8) is 0 Å². The SMILES string of the molecule is COc1cc(O[C@@H]2O[C@H](CO)[C@@H](O)[C@H](O)[C@H]2OC(C)=O)c2c(=O)cc(-c3c(O)cccc3O)oc2c1. The van der Waals surface area contributed by atoms with Gasteiger partial charge < -0.3 is 48.9 Å². The summed E-state index contributed by atoms with van der Waals surface area (Å²) >= 11 is 0. The first kappa shape index (κ1) is 25.3. The number of phenolic OH excluding ortho intramolecular Hbond substituents is 2. The molecule has 1 fully saturated rings. The summed E-state index contributed by atoms with van der Waals surface area (Å²) < 4.78 is 27.5. The summed E-state index contributed by atoms with van der Waals surface area (Å²) in [5.41, 5.74) is -0.783. The van der Waals surface area contributed by atoms with Crippen LogP contribution < -0.4 is 14.9 Å². The van der Waals surface area contributed by atoms with Gasteiger partial charge in [0.05, 0.1) is 13.7 Å². The van der Waals surface area contributed by atoms with E-state index in [0.29, 0.717) is 0 Å². The summed E-state index contributed by atoms with van der Waals surface area (Å²) in [6.45, 7) is 0.402. The van der Waals surface area contributed by atoms with Crippen LogP contribution in [0.5, 0.6) is 23.0 Å². The third kappa shape index (κ3) is 4.66. The molecule has 36 heavy (non-hydrogen) atoms. The monoisotopic (exact) mass is 504 g/mol. The number of carbonyl (C=O) groups is 1. The Morgan fingerprint density at radius 2 is 1.78 bits per heavy atom. The van der Waals surface area contributed by atoms with E-state index in [9.17, 15) is 35.1 Å². The van der Waals surface area contributed by atoms with Gasteiger partial charge in [-0.05, 0) is 12.1 Å². The number of esters is 1. The van der Waals surface area contributed by atoms with Crippen LogP contribution in [0.15, 0.2) is 45.6 Å². The average molecular weight is 504 g/mol. The number of benzene rings is 2. The maximum Gasteiger partial charge on any atom is 0.303 e. The Hall–Kier alpha value is -3.84. The number of aliphatic hydroxyl groups excluding tert-OH is 3. The van der Waals surface area contributed by atoms with Crippen LogP contribution in [0.3, 0.4) is 0 Å².